The zero-order valence-corrected chi connectivity index (χ0v) is 12.6. The van der Waals surface area contributed by atoms with Gasteiger partial charge in [-0.2, -0.15) is 0 Å². The maximum atomic E-state index is 6.26. The molecule has 1 heteroatoms. The van der Waals surface area contributed by atoms with Crippen LogP contribution in [0.2, 0.25) is 0 Å². The Bertz CT molecular complexity index is 1220. The van der Waals surface area contributed by atoms with Crippen molar-refractivity contribution in [3.8, 4) is 0 Å². The van der Waals surface area contributed by atoms with Crippen LogP contribution in [0.25, 0.3) is 43.1 Å². The lowest BCUT2D eigenvalue weighted by atomic mass is 9.94. The van der Waals surface area contributed by atoms with Crippen LogP contribution in [-0.4, -0.2) is 0 Å². The van der Waals surface area contributed by atoms with Gasteiger partial charge in [-0.05, 0) is 43.8 Å². The predicted octanol–water partition coefficient (Wildman–Crippen LogP) is 5.88. The van der Waals surface area contributed by atoms with E-state index in [-0.39, 0.29) is 0 Å². The Morgan fingerprint density at radius 2 is 1.04 bits per heavy atom. The van der Waals surface area contributed by atoms with Gasteiger partial charge in [0, 0.05) is 11.1 Å². The van der Waals surface area contributed by atoms with Gasteiger partial charge in [-0.25, -0.2) is 0 Å². The molecule has 0 heterocycles. The molecule has 0 aromatic heterocycles. The first-order valence-electron chi connectivity index (χ1n) is 7.84. The average molecular weight is 293 g/mol. The van der Waals surface area contributed by atoms with E-state index in [1.807, 2.05) is 12.1 Å². The summed E-state index contributed by atoms with van der Waals surface area (Å²) in [5.74, 6) is 0. The summed E-state index contributed by atoms with van der Waals surface area (Å²) in [5.41, 5.74) is 7.10. The molecule has 0 fully saturated rings. The van der Waals surface area contributed by atoms with Crippen molar-refractivity contribution in [3.63, 3.8) is 0 Å². The SMILES string of the molecule is Nc1cccc2ccc3c4ccc5ccccc5c4ccc3c12. The van der Waals surface area contributed by atoms with Crippen molar-refractivity contribution in [1.29, 1.82) is 0 Å². The van der Waals surface area contributed by atoms with Gasteiger partial charge < -0.3 is 5.73 Å². The summed E-state index contributed by atoms with van der Waals surface area (Å²) in [6.07, 6.45) is 0. The van der Waals surface area contributed by atoms with Crippen LogP contribution in [0.4, 0.5) is 5.69 Å². The van der Waals surface area contributed by atoms with E-state index in [1.165, 1.54) is 37.7 Å². The van der Waals surface area contributed by atoms with E-state index < -0.39 is 0 Å². The van der Waals surface area contributed by atoms with Gasteiger partial charge in [0.05, 0.1) is 0 Å². The van der Waals surface area contributed by atoms with Gasteiger partial charge in [-0.3, -0.25) is 0 Å². The van der Waals surface area contributed by atoms with Gasteiger partial charge in [0.25, 0.3) is 0 Å². The Morgan fingerprint density at radius 1 is 0.435 bits per heavy atom. The fourth-order valence-electron chi connectivity index (χ4n) is 3.72. The first kappa shape index (κ1) is 12.5. The maximum absolute atomic E-state index is 6.26. The third-order valence-corrected chi connectivity index (χ3v) is 4.80. The van der Waals surface area contributed by atoms with Gasteiger partial charge in [0.1, 0.15) is 0 Å². The van der Waals surface area contributed by atoms with Gasteiger partial charge in [-0.1, -0.05) is 72.8 Å². The number of benzene rings is 5. The second-order valence-electron chi connectivity index (χ2n) is 6.05. The van der Waals surface area contributed by atoms with E-state index >= 15 is 0 Å². The fraction of sp³-hybridized carbons (Fsp3) is 0. The molecule has 2 N–H and O–H groups in total. The third-order valence-electron chi connectivity index (χ3n) is 4.80. The van der Waals surface area contributed by atoms with Crippen LogP contribution >= 0.6 is 0 Å². The van der Waals surface area contributed by atoms with Crippen molar-refractivity contribution in [2.24, 2.45) is 0 Å². The summed E-state index contributed by atoms with van der Waals surface area (Å²) >= 11 is 0. The molecule has 0 radical (unpaired) electrons. The van der Waals surface area contributed by atoms with E-state index in [0.717, 1.165) is 11.1 Å². The lowest BCUT2D eigenvalue weighted by molar-refractivity contribution is 1.76. The van der Waals surface area contributed by atoms with Crippen molar-refractivity contribution < 1.29 is 0 Å². The first-order valence-corrected chi connectivity index (χ1v) is 7.84. The summed E-state index contributed by atoms with van der Waals surface area (Å²) < 4.78 is 0. The molecule has 0 atom stereocenters. The van der Waals surface area contributed by atoms with E-state index in [2.05, 4.69) is 66.7 Å². The monoisotopic (exact) mass is 293 g/mol. The Labute approximate surface area is 133 Å². The normalized spacial score (nSPS) is 11.7. The minimum Gasteiger partial charge on any atom is -0.398 e. The number of rotatable bonds is 0. The van der Waals surface area contributed by atoms with Gasteiger partial charge in [0.2, 0.25) is 0 Å². The van der Waals surface area contributed by atoms with Crippen LogP contribution in [0.15, 0.2) is 78.9 Å². The molecule has 5 rings (SSSR count). The van der Waals surface area contributed by atoms with Crippen LogP contribution in [-0.2, 0) is 0 Å². The Hall–Kier alpha value is -3.06. The van der Waals surface area contributed by atoms with Crippen molar-refractivity contribution in [2.45, 2.75) is 0 Å². The number of fused-ring (bicyclic) bond motifs is 7. The summed E-state index contributed by atoms with van der Waals surface area (Å²) in [4.78, 5) is 0. The van der Waals surface area contributed by atoms with Crippen molar-refractivity contribution in [2.75, 3.05) is 5.73 Å². The molecule has 0 saturated heterocycles. The molecule has 108 valence electrons. The van der Waals surface area contributed by atoms with Crippen molar-refractivity contribution >= 4 is 48.8 Å². The van der Waals surface area contributed by atoms with E-state index in [9.17, 15) is 0 Å². The van der Waals surface area contributed by atoms with Crippen molar-refractivity contribution in [1.82, 2.24) is 0 Å². The molecule has 1 nitrogen and oxygen atoms in total. The number of nitrogens with two attached hydrogens (primary N) is 1. The maximum Gasteiger partial charge on any atom is 0.0400 e. The molecule has 0 bridgehead atoms. The first-order chi connectivity index (χ1) is 11.3. The largest absolute Gasteiger partial charge is 0.398 e. The van der Waals surface area contributed by atoms with E-state index in [0.29, 0.717) is 0 Å². The number of anilines is 1. The second-order valence-corrected chi connectivity index (χ2v) is 6.05. The summed E-state index contributed by atoms with van der Waals surface area (Å²) in [7, 11) is 0. The second kappa shape index (κ2) is 4.47. The molecule has 0 aliphatic heterocycles. The highest BCUT2D eigenvalue weighted by molar-refractivity contribution is 6.23. The smallest absolute Gasteiger partial charge is 0.0400 e. The van der Waals surface area contributed by atoms with Gasteiger partial charge >= 0.3 is 0 Å². The predicted molar refractivity (Wildman–Crippen MR) is 101 cm³/mol. The van der Waals surface area contributed by atoms with Crippen LogP contribution in [0, 0.1) is 0 Å². The Morgan fingerprint density at radius 3 is 1.96 bits per heavy atom. The fourth-order valence-corrected chi connectivity index (χ4v) is 3.72. The molecule has 5 aromatic rings. The lowest BCUT2D eigenvalue weighted by Gasteiger charge is -2.11. The number of nitrogen functional groups attached to an aromatic ring is 1. The molecule has 23 heavy (non-hydrogen) atoms. The number of hydrogen-bond acceptors (Lipinski definition) is 1. The molecule has 0 aliphatic rings. The third kappa shape index (κ3) is 1.68. The topological polar surface area (TPSA) is 26.0 Å². The zero-order chi connectivity index (χ0) is 15.4. The highest BCUT2D eigenvalue weighted by Gasteiger charge is 2.08. The Balaban J connectivity index is 2.05. The minimum absolute atomic E-state index is 0.841. The van der Waals surface area contributed by atoms with E-state index in [1.54, 1.807) is 0 Å². The lowest BCUT2D eigenvalue weighted by Crippen LogP contribution is -1.88. The standard InChI is InChI=1S/C22H15N/c23-21-7-3-5-15-9-11-19-18-10-8-14-4-1-2-6-16(14)17(18)12-13-20(19)22(15)21/h1-13H,23H2. The Kier molecular flexibility index (Phi) is 2.42. The molecule has 0 saturated carbocycles. The van der Waals surface area contributed by atoms with Crippen LogP contribution in [0.3, 0.4) is 0 Å². The average Bonchev–Trinajstić information content (AvgIpc) is 2.61. The molecule has 5 aromatic carbocycles. The molecule has 0 spiro atoms. The molecular weight excluding hydrogens is 278 g/mol. The molecule has 0 unspecified atom stereocenters. The van der Waals surface area contributed by atoms with Crippen molar-refractivity contribution in [3.05, 3.63) is 78.9 Å². The molecular formula is C22H15N. The van der Waals surface area contributed by atoms with Gasteiger partial charge in [-0.15, -0.1) is 0 Å². The summed E-state index contributed by atoms with van der Waals surface area (Å²) in [6.45, 7) is 0. The summed E-state index contributed by atoms with van der Waals surface area (Å²) in [6, 6.07) is 27.9. The van der Waals surface area contributed by atoms with Gasteiger partial charge in [0.15, 0.2) is 0 Å². The van der Waals surface area contributed by atoms with Crippen LogP contribution in [0.5, 0.6) is 0 Å². The zero-order valence-electron chi connectivity index (χ0n) is 12.6. The highest BCUT2D eigenvalue weighted by Crippen LogP contribution is 2.36. The van der Waals surface area contributed by atoms with E-state index in [4.69, 9.17) is 5.73 Å². The molecule has 0 aliphatic carbocycles. The number of hydrogen-bond donors (Lipinski definition) is 1. The van der Waals surface area contributed by atoms with Crippen LogP contribution in [0.1, 0.15) is 0 Å². The quantitative estimate of drug-likeness (QED) is 0.280. The highest BCUT2D eigenvalue weighted by atomic mass is 14.5. The summed E-state index contributed by atoms with van der Waals surface area (Å²) in [5, 5.41) is 9.99. The minimum atomic E-state index is 0.841. The van der Waals surface area contributed by atoms with Crippen LogP contribution < -0.4 is 5.73 Å². The molecule has 0 amide bonds.